The second-order valence-electron chi connectivity index (χ2n) is 6.64. The first-order chi connectivity index (χ1) is 13.6. The van der Waals surface area contributed by atoms with Crippen LogP contribution in [0.2, 0.25) is 5.02 Å². The molecule has 1 amide bonds. The maximum absolute atomic E-state index is 13.2. The van der Waals surface area contributed by atoms with Crippen molar-refractivity contribution < 1.29 is 14.3 Å². The number of hydrogen-bond acceptors (Lipinski definition) is 4. The lowest BCUT2D eigenvalue weighted by Gasteiger charge is -2.14. The Labute approximate surface area is 167 Å². The number of hydrogen-bond donors (Lipinski definition) is 2. The van der Waals surface area contributed by atoms with E-state index in [0.717, 1.165) is 24.1 Å². The van der Waals surface area contributed by atoms with E-state index in [1.807, 2.05) is 18.2 Å². The summed E-state index contributed by atoms with van der Waals surface area (Å²) in [4.78, 5) is 13.2. The van der Waals surface area contributed by atoms with Crippen LogP contribution in [0.1, 0.15) is 34.8 Å². The molecule has 0 radical (unpaired) electrons. The van der Waals surface area contributed by atoms with Crippen molar-refractivity contribution in [2.45, 2.75) is 18.8 Å². The minimum absolute atomic E-state index is 0.319. The lowest BCUT2D eigenvalue weighted by molar-refractivity contribution is 0.102. The number of aromatic nitrogens is 2. The van der Waals surface area contributed by atoms with E-state index in [2.05, 4.69) is 15.5 Å². The van der Waals surface area contributed by atoms with Gasteiger partial charge in [0.25, 0.3) is 5.91 Å². The second-order valence-corrected chi connectivity index (χ2v) is 7.07. The number of benzene rings is 2. The van der Waals surface area contributed by atoms with Crippen LogP contribution in [0.3, 0.4) is 0 Å². The minimum atomic E-state index is -0.319. The number of H-pyrrole nitrogens is 1. The highest BCUT2D eigenvalue weighted by Crippen LogP contribution is 2.45. The summed E-state index contributed by atoms with van der Waals surface area (Å²) in [7, 11) is 3.05. The number of halogens is 1. The smallest absolute Gasteiger partial charge is 0.263 e. The Hall–Kier alpha value is -2.99. The molecule has 0 atom stereocenters. The fourth-order valence-corrected chi connectivity index (χ4v) is 3.44. The monoisotopic (exact) mass is 397 g/mol. The largest absolute Gasteiger partial charge is 0.496 e. The maximum Gasteiger partial charge on any atom is 0.263 e. The maximum atomic E-state index is 13.2. The van der Waals surface area contributed by atoms with Gasteiger partial charge in [0.05, 0.1) is 25.6 Å². The van der Waals surface area contributed by atoms with E-state index in [1.165, 1.54) is 14.2 Å². The number of carbonyl (C=O) groups excluding carboxylic acids is 1. The minimum Gasteiger partial charge on any atom is -0.496 e. The van der Waals surface area contributed by atoms with Crippen LogP contribution in [0.25, 0.3) is 11.3 Å². The molecule has 0 spiro atoms. The quantitative estimate of drug-likeness (QED) is 0.621. The van der Waals surface area contributed by atoms with Crippen molar-refractivity contribution in [3.63, 3.8) is 0 Å². The van der Waals surface area contributed by atoms with E-state index in [1.54, 1.807) is 24.3 Å². The Kier molecular flexibility index (Phi) is 4.96. The number of rotatable bonds is 6. The van der Waals surface area contributed by atoms with Crippen molar-refractivity contribution in [3.8, 4) is 22.8 Å². The van der Waals surface area contributed by atoms with Crippen LogP contribution in [0.4, 0.5) is 5.69 Å². The highest BCUT2D eigenvalue weighted by atomic mass is 35.5. The van der Waals surface area contributed by atoms with Gasteiger partial charge >= 0.3 is 0 Å². The highest BCUT2D eigenvalue weighted by molar-refractivity contribution is 6.30. The highest BCUT2D eigenvalue weighted by Gasteiger charge is 2.32. The van der Waals surface area contributed by atoms with Gasteiger partial charge in [0.2, 0.25) is 0 Å². The molecule has 2 N–H and O–H groups in total. The lowest BCUT2D eigenvalue weighted by atomic mass is 10.1. The SMILES string of the molecule is COc1cccc(OC)c1C(=O)Nc1c(-c2cccc(Cl)c2)n[nH]c1C1CC1. The molecule has 1 aromatic heterocycles. The van der Waals surface area contributed by atoms with Crippen LogP contribution in [-0.4, -0.2) is 30.3 Å². The summed E-state index contributed by atoms with van der Waals surface area (Å²) in [5.41, 5.74) is 3.43. The number of amides is 1. The lowest BCUT2D eigenvalue weighted by Crippen LogP contribution is -2.15. The first-order valence-electron chi connectivity index (χ1n) is 8.99. The first-order valence-corrected chi connectivity index (χ1v) is 9.36. The summed E-state index contributed by atoms with van der Waals surface area (Å²) in [5.74, 6) is 0.937. The summed E-state index contributed by atoms with van der Waals surface area (Å²) in [5, 5.41) is 11.2. The molecule has 0 aliphatic heterocycles. The van der Waals surface area contributed by atoms with E-state index in [0.29, 0.717) is 39.4 Å². The Bertz CT molecular complexity index is 1010. The molecule has 2 aromatic carbocycles. The van der Waals surface area contributed by atoms with E-state index in [9.17, 15) is 4.79 Å². The fraction of sp³-hybridized carbons (Fsp3) is 0.238. The predicted octanol–water partition coefficient (Wildman–Crippen LogP) is 4.88. The van der Waals surface area contributed by atoms with Gasteiger partial charge in [-0.15, -0.1) is 0 Å². The van der Waals surface area contributed by atoms with Crippen molar-refractivity contribution in [3.05, 3.63) is 58.7 Å². The van der Waals surface area contributed by atoms with E-state index < -0.39 is 0 Å². The number of ether oxygens (including phenoxy) is 2. The van der Waals surface area contributed by atoms with Gasteiger partial charge in [-0.1, -0.05) is 29.8 Å². The Morgan fingerprint density at radius 1 is 1.14 bits per heavy atom. The van der Waals surface area contributed by atoms with Crippen LogP contribution in [-0.2, 0) is 0 Å². The van der Waals surface area contributed by atoms with Crippen molar-refractivity contribution in [2.75, 3.05) is 19.5 Å². The molecule has 144 valence electrons. The molecule has 1 fully saturated rings. The fourth-order valence-electron chi connectivity index (χ4n) is 3.25. The number of methoxy groups -OCH3 is 2. The Morgan fingerprint density at radius 2 is 1.82 bits per heavy atom. The van der Waals surface area contributed by atoms with Crippen molar-refractivity contribution in [1.82, 2.24) is 10.2 Å². The zero-order chi connectivity index (χ0) is 19.7. The molecule has 6 nitrogen and oxygen atoms in total. The molecule has 7 heteroatoms. The van der Waals surface area contributed by atoms with Gasteiger partial charge in [0.1, 0.15) is 22.8 Å². The second kappa shape index (κ2) is 7.56. The molecule has 4 rings (SSSR count). The summed E-state index contributed by atoms with van der Waals surface area (Å²) in [6, 6.07) is 12.6. The average molecular weight is 398 g/mol. The zero-order valence-corrected chi connectivity index (χ0v) is 16.3. The van der Waals surface area contributed by atoms with Crippen LogP contribution in [0.5, 0.6) is 11.5 Å². The summed E-state index contributed by atoms with van der Waals surface area (Å²) < 4.78 is 10.7. The normalized spacial score (nSPS) is 13.2. The molecule has 0 saturated heterocycles. The standard InChI is InChI=1S/C21H20ClN3O3/c1-27-15-7-4-8-16(28-2)17(15)21(26)23-20-18(12-9-10-12)24-25-19(20)13-5-3-6-14(22)11-13/h3-8,11-12H,9-10H2,1-2H3,(H,23,26)(H,24,25). The van der Waals surface area contributed by atoms with E-state index >= 15 is 0 Å². The van der Waals surface area contributed by atoms with Gasteiger partial charge in [-0.25, -0.2) is 0 Å². The zero-order valence-electron chi connectivity index (χ0n) is 15.6. The molecule has 0 unspecified atom stereocenters. The molecule has 3 aromatic rings. The number of nitrogens with one attached hydrogen (secondary N) is 2. The van der Waals surface area contributed by atoms with Gasteiger partial charge in [0.15, 0.2) is 0 Å². The van der Waals surface area contributed by atoms with Gasteiger partial charge in [-0.3, -0.25) is 9.89 Å². The van der Waals surface area contributed by atoms with Crippen LogP contribution in [0, 0.1) is 0 Å². The van der Waals surface area contributed by atoms with Crippen LogP contribution in [0.15, 0.2) is 42.5 Å². The number of carbonyl (C=O) groups is 1. The molecular weight excluding hydrogens is 378 g/mol. The van der Waals surface area contributed by atoms with Crippen molar-refractivity contribution >= 4 is 23.2 Å². The van der Waals surface area contributed by atoms with E-state index in [4.69, 9.17) is 21.1 Å². The van der Waals surface area contributed by atoms with Gasteiger partial charge < -0.3 is 14.8 Å². The van der Waals surface area contributed by atoms with Crippen molar-refractivity contribution in [2.24, 2.45) is 0 Å². The van der Waals surface area contributed by atoms with Gasteiger partial charge in [-0.05, 0) is 37.1 Å². The number of nitrogens with zero attached hydrogens (tertiary/aromatic N) is 1. The number of anilines is 1. The van der Waals surface area contributed by atoms with Gasteiger partial charge in [-0.2, -0.15) is 5.10 Å². The molecule has 28 heavy (non-hydrogen) atoms. The summed E-state index contributed by atoms with van der Waals surface area (Å²) >= 11 is 6.15. The predicted molar refractivity (Wildman–Crippen MR) is 109 cm³/mol. The Balaban J connectivity index is 1.76. The molecular formula is C21H20ClN3O3. The van der Waals surface area contributed by atoms with Gasteiger partial charge in [0, 0.05) is 16.5 Å². The molecule has 1 aliphatic carbocycles. The molecule has 0 bridgehead atoms. The third kappa shape index (κ3) is 3.43. The van der Waals surface area contributed by atoms with Crippen LogP contribution < -0.4 is 14.8 Å². The number of aromatic amines is 1. The van der Waals surface area contributed by atoms with Crippen molar-refractivity contribution in [1.29, 1.82) is 0 Å². The molecule has 1 saturated carbocycles. The van der Waals surface area contributed by atoms with E-state index in [-0.39, 0.29) is 5.91 Å². The third-order valence-corrected chi connectivity index (χ3v) is 5.01. The molecule has 1 aliphatic rings. The molecule has 1 heterocycles. The average Bonchev–Trinajstić information content (AvgIpc) is 3.47. The Morgan fingerprint density at radius 3 is 2.43 bits per heavy atom. The summed E-state index contributed by atoms with van der Waals surface area (Å²) in [6.07, 6.45) is 2.13. The topological polar surface area (TPSA) is 76.2 Å². The third-order valence-electron chi connectivity index (χ3n) is 4.77. The summed E-state index contributed by atoms with van der Waals surface area (Å²) in [6.45, 7) is 0. The first kappa shape index (κ1) is 18.4. The van der Waals surface area contributed by atoms with Crippen LogP contribution >= 0.6 is 11.6 Å².